The topological polar surface area (TPSA) is 57.6 Å². The zero-order valence-electron chi connectivity index (χ0n) is 13.7. The lowest BCUT2D eigenvalue weighted by Crippen LogP contribution is -2.41. The first-order valence-electron chi connectivity index (χ1n) is 8.76. The number of aliphatic carboxylic acids is 1. The SMILES string of the molecule is O=CC1CN([C@H](CC2CCCC2)C(=O)O)CC1c1cccc(F)c1. The number of aldehydes is 1. The van der Waals surface area contributed by atoms with Crippen molar-refractivity contribution in [3.63, 3.8) is 0 Å². The second-order valence-corrected chi connectivity index (χ2v) is 7.16. The lowest BCUT2D eigenvalue weighted by molar-refractivity contribution is -0.143. The summed E-state index contributed by atoms with van der Waals surface area (Å²) in [6, 6.07) is 5.75. The van der Waals surface area contributed by atoms with Crippen LogP contribution in [0.3, 0.4) is 0 Å². The number of hydrogen-bond acceptors (Lipinski definition) is 3. The third-order valence-electron chi connectivity index (χ3n) is 5.60. The van der Waals surface area contributed by atoms with Crippen molar-refractivity contribution in [2.24, 2.45) is 11.8 Å². The maximum atomic E-state index is 13.5. The molecule has 1 aromatic carbocycles. The first kappa shape index (κ1) is 17.1. The predicted octanol–water partition coefficient (Wildman–Crippen LogP) is 3.07. The number of carboxylic acid groups (broad SMARTS) is 1. The van der Waals surface area contributed by atoms with Gasteiger partial charge >= 0.3 is 5.97 Å². The molecule has 1 heterocycles. The van der Waals surface area contributed by atoms with Gasteiger partial charge in [-0.15, -0.1) is 0 Å². The number of carbonyl (C=O) groups is 2. The van der Waals surface area contributed by atoms with Crippen LogP contribution in [0.1, 0.15) is 43.6 Å². The van der Waals surface area contributed by atoms with Crippen LogP contribution in [0.15, 0.2) is 24.3 Å². The third-order valence-corrected chi connectivity index (χ3v) is 5.60. The number of carbonyl (C=O) groups excluding carboxylic acids is 1. The van der Waals surface area contributed by atoms with Crippen molar-refractivity contribution in [1.82, 2.24) is 4.90 Å². The van der Waals surface area contributed by atoms with Gasteiger partial charge in [-0.25, -0.2) is 4.39 Å². The van der Waals surface area contributed by atoms with Crippen LogP contribution in [-0.2, 0) is 9.59 Å². The number of rotatable bonds is 6. The van der Waals surface area contributed by atoms with Crippen LogP contribution >= 0.6 is 0 Å². The molecule has 1 aromatic rings. The maximum absolute atomic E-state index is 13.5. The van der Waals surface area contributed by atoms with E-state index in [1.807, 2.05) is 11.0 Å². The number of halogens is 1. The molecule has 0 aromatic heterocycles. The van der Waals surface area contributed by atoms with E-state index in [1.54, 1.807) is 6.07 Å². The second kappa shape index (κ2) is 7.43. The Labute approximate surface area is 141 Å². The van der Waals surface area contributed by atoms with E-state index < -0.39 is 12.0 Å². The number of benzene rings is 1. The fourth-order valence-electron chi connectivity index (χ4n) is 4.31. The zero-order chi connectivity index (χ0) is 17.1. The molecule has 1 saturated heterocycles. The summed E-state index contributed by atoms with van der Waals surface area (Å²) in [5, 5.41) is 9.66. The van der Waals surface area contributed by atoms with Crippen LogP contribution in [0.4, 0.5) is 4.39 Å². The number of likely N-dealkylation sites (tertiary alicyclic amines) is 1. The van der Waals surface area contributed by atoms with Crippen LogP contribution in [-0.4, -0.2) is 41.4 Å². The van der Waals surface area contributed by atoms with Gasteiger partial charge in [-0.3, -0.25) is 9.69 Å². The van der Waals surface area contributed by atoms with Crippen molar-refractivity contribution in [3.8, 4) is 0 Å². The van der Waals surface area contributed by atoms with E-state index in [1.165, 1.54) is 25.0 Å². The van der Waals surface area contributed by atoms with E-state index in [9.17, 15) is 19.1 Å². The summed E-state index contributed by atoms with van der Waals surface area (Å²) in [7, 11) is 0. The number of carboxylic acids is 1. The van der Waals surface area contributed by atoms with Gasteiger partial charge in [-0.2, -0.15) is 0 Å². The van der Waals surface area contributed by atoms with Crippen LogP contribution in [0, 0.1) is 17.7 Å². The Balaban J connectivity index is 1.75. The average molecular weight is 333 g/mol. The van der Waals surface area contributed by atoms with Gasteiger partial charge in [-0.05, 0) is 30.0 Å². The molecule has 0 spiro atoms. The molecule has 0 radical (unpaired) electrons. The first-order valence-corrected chi connectivity index (χ1v) is 8.76. The van der Waals surface area contributed by atoms with Gasteiger partial charge in [-0.1, -0.05) is 37.8 Å². The minimum Gasteiger partial charge on any atom is -0.480 e. The molecule has 130 valence electrons. The molecule has 2 aliphatic rings. The summed E-state index contributed by atoms with van der Waals surface area (Å²) < 4.78 is 13.5. The largest absolute Gasteiger partial charge is 0.480 e. The highest BCUT2D eigenvalue weighted by molar-refractivity contribution is 5.73. The molecule has 1 aliphatic carbocycles. The molecule has 4 nitrogen and oxygen atoms in total. The maximum Gasteiger partial charge on any atom is 0.320 e. The molecule has 2 unspecified atom stereocenters. The molecule has 0 bridgehead atoms. The molecule has 2 fully saturated rings. The van der Waals surface area contributed by atoms with E-state index in [0.29, 0.717) is 25.4 Å². The highest BCUT2D eigenvalue weighted by atomic mass is 19.1. The zero-order valence-corrected chi connectivity index (χ0v) is 13.7. The minimum absolute atomic E-state index is 0.136. The summed E-state index contributed by atoms with van der Waals surface area (Å²) in [5.74, 6) is -1.09. The Morgan fingerprint density at radius 1 is 1.33 bits per heavy atom. The van der Waals surface area contributed by atoms with Gasteiger partial charge in [0.05, 0.1) is 0 Å². The fourth-order valence-corrected chi connectivity index (χ4v) is 4.31. The molecule has 3 atom stereocenters. The molecular formula is C19H24FNO3. The van der Waals surface area contributed by atoms with Crippen molar-refractivity contribution in [2.75, 3.05) is 13.1 Å². The van der Waals surface area contributed by atoms with Crippen molar-refractivity contribution in [1.29, 1.82) is 0 Å². The summed E-state index contributed by atoms with van der Waals surface area (Å²) in [4.78, 5) is 25.2. The van der Waals surface area contributed by atoms with Gasteiger partial charge in [0.2, 0.25) is 0 Å². The number of hydrogen-bond donors (Lipinski definition) is 1. The Hall–Kier alpha value is -1.75. The van der Waals surface area contributed by atoms with Crippen LogP contribution in [0.5, 0.6) is 0 Å². The van der Waals surface area contributed by atoms with Gasteiger partial charge < -0.3 is 9.90 Å². The smallest absolute Gasteiger partial charge is 0.320 e. The quantitative estimate of drug-likeness (QED) is 0.813. The molecule has 1 N–H and O–H groups in total. The van der Waals surface area contributed by atoms with Crippen LogP contribution < -0.4 is 0 Å². The first-order chi connectivity index (χ1) is 11.6. The minimum atomic E-state index is -0.813. The fraction of sp³-hybridized carbons (Fsp3) is 0.579. The van der Waals surface area contributed by atoms with Gasteiger partial charge in [0.25, 0.3) is 0 Å². The lowest BCUT2D eigenvalue weighted by atomic mass is 9.90. The Kier molecular flexibility index (Phi) is 5.29. The van der Waals surface area contributed by atoms with E-state index >= 15 is 0 Å². The third kappa shape index (κ3) is 3.66. The monoisotopic (exact) mass is 333 g/mol. The molecule has 5 heteroatoms. The van der Waals surface area contributed by atoms with E-state index in [0.717, 1.165) is 24.7 Å². The van der Waals surface area contributed by atoms with E-state index in [-0.39, 0.29) is 17.7 Å². The molecule has 3 rings (SSSR count). The van der Waals surface area contributed by atoms with Crippen LogP contribution in [0.2, 0.25) is 0 Å². The summed E-state index contributed by atoms with van der Waals surface area (Å²) >= 11 is 0. The second-order valence-electron chi connectivity index (χ2n) is 7.16. The average Bonchev–Trinajstić information content (AvgIpc) is 3.21. The lowest BCUT2D eigenvalue weighted by Gasteiger charge is -2.26. The molecular weight excluding hydrogens is 309 g/mol. The molecule has 24 heavy (non-hydrogen) atoms. The summed E-state index contributed by atoms with van der Waals surface area (Å²) in [6.07, 6.45) is 6.10. The molecule has 1 saturated carbocycles. The van der Waals surface area contributed by atoms with Gasteiger partial charge in [0, 0.05) is 24.9 Å². The Bertz CT molecular complexity index is 600. The molecule has 1 aliphatic heterocycles. The highest BCUT2D eigenvalue weighted by Crippen LogP contribution is 2.36. The standard InChI is InChI=1S/C19H24FNO3/c20-16-7-3-6-14(9-16)17-11-21(10-15(17)12-22)18(19(23)24)8-13-4-1-2-5-13/h3,6-7,9,12-13,15,17-18H,1-2,4-5,8,10-11H2,(H,23,24)/t15?,17?,18-/m1/s1. The van der Waals surface area contributed by atoms with Crippen molar-refractivity contribution in [2.45, 2.75) is 44.1 Å². The van der Waals surface area contributed by atoms with Crippen molar-refractivity contribution in [3.05, 3.63) is 35.6 Å². The molecule has 0 amide bonds. The normalized spacial score (nSPS) is 26.5. The van der Waals surface area contributed by atoms with Crippen molar-refractivity contribution >= 4 is 12.3 Å². The highest BCUT2D eigenvalue weighted by Gasteiger charge is 2.40. The van der Waals surface area contributed by atoms with Gasteiger partial charge in [0.15, 0.2) is 0 Å². The summed E-state index contributed by atoms with van der Waals surface area (Å²) in [6.45, 7) is 0.935. The predicted molar refractivity (Wildman–Crippen MR) is 88.3 cm³/mol. The van der Waals surface area contributed by atoms with Crippen LogP contribution in [0.25, 0.3) is 0 Å². The van der Waals surface area contributed by atoms with Crippen molar-refractivity contribution < 1.29 is 19.1 Å². The Morgan fingerprint density at radius 3 is 2.71 bits per heavy atom. The summed E-state index contributed by atoms with van der Waals surface area (Å²) in [5.41, 5.74) is 0.777. The number of nitrogens with zero attached hydrogens (tertiary/aromatic N) is 1. The Morgan fingerprint density at radius 2 is 2.08 bits per heavy atom. The van der Waals surface area contributed by atoms with Gasteiger partial charge in [0.1, 0.15) is 18.1 Å². The van der Waals surface area contributed by atoms with E-state index in [2.05, 4.69) is 0 Å². The van der Waals surface area contributed by atoms with E-state index in [4.69, 9.17) is 0 Å².